The highest BCUT2D eigenvalue weighted by molar-refractivity contribution is 5.63. The van der Waals surface area contributed by atoms with E-state index in [0.29, 0.717) is 0 Å². The van der Waals surface area contributed by atoms with Crippen molar-refractivity contribution in [2.24, 2.45) is 0 Å². The first-order valence-electron chi connectivity index (χ1n) is 4.79. The van der Waals surface area contributed by atoms with E-state index in [1.807, 2.05) is 0 Å². The van der Waals surface area contributed by atoms with Gasteiger partial charge in [0.05, 0.1) is 5.69 Å². The number of benzene rings is 1. The number of ether oxygens (including phenoxy) is 1. The number of nitrogens with two attached hydrogens (primary N) is 1. The highest BCUT2D eigenvalue weighted by Gasteiger charge is 2.22. The zero-order chi connectivity index (χ0) is 9.42. The number of hydrogen-bond donors (Lipinski definition) is 1. The molecular formula is C11H15NO. The Morgan fingerprint density at radius 3 is 3.00 bits per heavy atom. The summed E-state index contributed by atoms with van der Waals surface area (Å²) in [4.78, 5) is 0. The minimum Gasteiger partial charge on any atom is -0.488 e. The van der Waals surface area contributed by atoms with Crippen molar-refractivity contribution in [1.29, 1.82) is 0 Å². The van der Waals surface area contributed by atoms with Gasteiger partial charge in [0.25, 0.3) is 0 Å². The molecule has 0 aromatic heterocycles. The molecule has 0 aliphatic carbocycles. The third kappa shape index (κ3) is 1.26. The molecular weight excluding hydrogens is 162 g/mol. The van der Waals surface area contributed by atoms with Gasteiger partial charge in [0.15, 0.2) is 0 Å². The molecule has 2 N–H and O–H groups in total. The van der Waals surface area contributed by atoms with Gasteiger partial charge in [-0.1, -0.05) is 19.1 Å². The Balaban J connectivity index is 2.48. The minimum absolute atomic E-state index is 0.282. The topological polar surface area (TPSA) is 35.2 Å². The van der Waals surface area contributed by atoms with Crippen LogP contribution >= 0.6 is 0 Å². The van der Waals surface area contributed by atoms with E-state index < -0.39 is 0 Å². The maximum atomic E-state index is 5.98. The van der Waals surface area contributed by atoms with Crippen molar-refractivity contribution < 1.29 is 4.74 Å². The lowest BCUT2D eigenvalue weighted by molar-refractivity contribution is 0.256. The van der Waals surface area contributed by atoms with E-state index in [1.54, 1.807) is 0 Å². The van der Waals surface area contributed by atoms with E-state index in [1.165, 1.54) is 11.1 Å². The molecule has 1 aromatic rings. The van der Waals surface area contributed by atoms with Crippen LogP contribution in [0, 0.1) is 0 Å². The van der Waals surface area contributed by atoms with Crippen LogP contribution in [0.2, 0.25) is 0 Å². The van der Waals surface area contributed by atoms with Crippen LogP contribution in [0.1, 0.15) is 25.0 Å². The molecule has 0 spiro atoms. The molecule has 1 aliphatic rings. The average Bonchev–Trinajstić information content (AvgIpc) is 2.47. The van der Waals surface area contributed by atoms with E-state index >= 15 is 0 Å². The first-order valence-corrected chi connectivity index (χ1v) is 4.79. The first-order chi connectivity index (χ1) is 6.22. The predicted octanol–water partition coefficient (Wildman–Crippen LogP) is 2.15. The molecule has 1 heterocycles. The van der Waals surface area contributed by atoms with Gasteiger partial charge < -0.3 is 10.5 Å². The number of nitrogen functional groups attached to an aromatic ring is 1. The minimum atomic E-state index is 0.282. The predicted molar refractivity (Wildman–Crippen MR) is 54.0 cm³/mol. The number of hydrogen-bond acceptors (Lipinski definition) is 2. The van der Waals surface area contributed by atoms with Crippen LogP contribution < -0.4 is 10.5 Å². The Labute approximate surface area is 78.7 Å². The van der Waals surface area contributed by atoms with Crippen molar-refractivity contribution in [3.8, 4) is 5.75 Å². The molecule has 1 unspecified atom stereocenters. The summed E-state index contributed by atoms with van der Waals surface area (Å²) >= 11 is 0. The van der Waals surface area contributed by atoms with Crippen molar-refractivity contribution >= 4 is 5.69 Å². The monoisotopic (exact) mass is 177 g/mol. The summed E-state index contributed by atoms with van der Waals surface area (Å²) in [5.74, 6) is 0.923. The molecule has 2 rings (SSSR count). The van der Waals surface area contributed by atoms with Gasteiger partial charge in [-0.2, -0.15) is 0 Å². The molecule has 0 saturated heterocycles. The van der Waals surface area contributed by atoms with Crippen LogP contribution in [0.15, 0.2) is 12.1 Å². The molecule has 1 aliphatic heterocycles. The van der Waals surface area contributed by atoms with Crippen LogP contribution in [0.3, 0.4) is 0 Å². The van der Waals surface area contributed by atoms with Gasteiger partial charge >= 0.3 is 0 Å². The molecule has 1 atom stereocenters. The van der Waals surface area contributed by atoms with Gasteiger partial charge in [-0.15, -0.1) is 0 Å². The van der Waals surface area contributed by atoms with Crippen molar-refractivity contribution in [3.05, 3.63) is 23.3 Å². The first kappa shape index (κ1) is 8.42. The van der Waals surface area contributed by atoms with E-state index in [2.05, 4.69) is 26.0 Å². The zero-order valence-corrected chi connectivity index (χ0v) is 8.13. The van der Waals surface area contributed by atoms with Crippen LogP contribution in [0.5, 0.6) is 5.75 Å². The molecule has 0 saturated carbocycles. The largest absolute Gasteiger partial charge is 0.488 e. The van der Waals surface area contributed by atoms with E-state index in [9.17, 15) is 0 Å². The average molecular weight is 177 g/mol. The Hall–Kier alpha value is -1.18. The van der Waals surface area contributed by atoms with Crippen molar-refractivity contribution in [3.63, 3.8) is 0 Å². The summed E-state index contributed by atoms with van der Waals surface area (Å²) < 4.78 is 5.66. The standard InChI is InChI=1S/C11H15NO/c1-3-8-4-5-9-6-7(2)13-11(9)10(8)12/h4-5,7H,3,6,12H2,1-2H3. The second kappa shape index (κ2) is 2.95. The smallest absolute Gasteiger partial charge is 0.146 e. The SMILES string of the molecule is CCc1ccc2c(c1N)OC(C)C2. The molecule has 0 fully saturated rings. The van der Waals surface area contributed by atoms with Crippen LogP contribution in [0.25, 0.3) is 0 Å². The quantitative estimate of drug-likeness (QED) is 0.667. The third-order valence-corrected chi connectivity index (χ3v) is 2.58. The molecule has 2 heteroatoms. The Morgan fingerprint density at radius 1 is 1.54 bits per heavy atom. The number of anilines is 1. The molecule has 70 valence electrons. The fourth-order valence-electron chi connectivity index (χ4n) is 1.85. The van der Waals surface area contributed by atoms with Gasteiger partial charge in [0.1, 0.15) is 11.9 Å². The molecule has 0 radical (unpaired) electrons. The van der Waals surface area contributed by atoms with E-state index in [0.717, 1.165) is 24.3 Å². The Morgan fingerprint density at radius 2 is 2.31 bits per heavy atom. The summed E-state index contributed by atoms with van der Waals surface area (Å²) in [6, 6.07) is 4.24. The van der Waals surface area contributed by atoms with Crippen LogP contribution in [-0.2, 0) is 12.8 Å². The molecule has 13 heavy (non-hydrogen) atoms. The summed E-state index contributed by atoms with van der Waals surface area (Å²) in [5, 5.41) is 0. The normalized spacial score (nSPS) is 19.7. The lowest BCUT2D eigenvalue weighted by atomic mass is 10.0. The highest BCUT2D eigenvalue weighted by Crippen LogP contribution is 2.36. The van der Waals surface area contributed by atoms with Crippen LogP contribution in [0.4, 0.5) is 5.69 Å². The van der Waals surface area contributed by atoms with Gasteiger partial charge in [-0.25, -0.2) is 0 Å². The zero-order valence-electron chi connectivity index (χ0n) is 8.13. The van der Waals surface area contributed by atoms with Gasteiger partial charge in [0.2, 0.25) is 0 Å². The number of aryl methyl sites for hydroxylation is 1. The second-order valence-corrected chi connectivity index (χ2v) is 3.61. The Bertz CT molecular complexity index is 333. The maximum Gasteiger partial charge on any atom is 0.146 e. The lowest BCUT2D eigenvalue weighted by Gasteiger charge is -2.08. The van der Waals surface area contributed by atoms with Crippen LogP contribution in [-0.4, -0.2) is 6.10 Å². The second-order valence-electron chi connectivity index (χ2n) is 3.61. The molecule has 0 bridgehead atoms. The van der Waals surface area contributed by atoms with Crippen molar-refractivity contribution in [1.82, 2.24) is 0 Å². The van der Waals surface area contributed by atoms with Gasteiger partial charge in [-0.05, 0) is 24.5 Å². The van der Waals surface area contributed by atoms with Crippen molar-refractivity contribution in [2.75, 3.05) is 5.73 Å². The molecule has 2 nitrogen and oxygen atoms in total. The number of rotatable bonds is 1. The fourth-order valence-corrected chi connectivity index (χ4v) is 1.85. The van der Waals surface area contributed by atoms with Gasteiger partial charge in [0, 0.05) is 6.42 Å². The summed E-state index contributed by atoms with van der Waals surface area (Å²) in [7, 11) is 0. The summed E-state index contributed by atoms with van der Waals surface area (Å²) in [5.41, 5.74) is 9.26. The van der Waals surface area contributed by atoms with Crippen molar-refractivity contribution in [2.45, 2.75) is 32.8 Å². The summed E-state index contributed by atoms with van der Waals surface area (Å²) in [6.45, 7) is 4.18. The van der Waals surface area contributed by atoms with Gasteiger partial charge in [-0.3, -0.25) is 0 Å². The lowest BCUT2D eigenvalue weighted by Crippen LogP contribution is -2.06. The third-order valence-electron chi connectivity index (χ3n) is 2.58. The van der Waals surface area contributed by atoms with E-state index in [-0.39, 0.29) is 6.10 Å². The number of fused-ring (bicyclic) bond motifs is 1. The van der Waals surface area contributed by atoms with E-state index in [4.69, 9.17) is 10.5 Å². The summed E-state index contributed by atoms with van der Waals surface area (Å²) in [6.07, 6.45) is 2.24. The molecule has 1 aromatic carbocycles. The Kier molecular flexibility index (Phi) is 1.91. The molecule has 0 amide bonds. The maximum absolute atomic E-state index is 5.98. The highest BCUT2D eigenvalue weighted by atomic mass is 16.5. The fraction of sp³-hybridized carbons (Fsp3) is 0.455.